The molecule has 0 aliphatic rings. The Hall–Kier alpha value is -0.750. The van der Waals surface area contributed by atoms with E-state index in [1.165, 1.54) is 13.0 Å². The van der Waals surface area contributed by atoms with Crippen molar-refractivity contribution < 1.29 is 21.6 Å². The minimum atomic E-state index is -4.39. The molecular weight excluding hydrogens is 277 g/mol. The summed E-state index contributed by atoms with van der Waals surface area (Å²) in [5.41, 5.74) is 0.204. The van der Waals surface area contributed by atoms with E-state index in [4.69, 9.17) is 10.7 Å². The van der Waals surface area contributed by atoms with Crippen molar-refractivity contribution in [2.45, 2.75) is 19.5 Å². The molecule has 0 aliphatic heterocycles. The van der Waals surface area contributed by atoms with Crippen LogP contribution in [0, 0.1) is 6.92 Å². The topological polar surface area (TPSA) is 34.1 Å². The molecule has 0 aliphatic carbocycles. The van der Waals surface area contributed by atoms with Crippen LogP contribution in [-0.4, -0.2) is 14.2 Å². The van der Waals surface area contributed by atoms with E-state index in [2.05, 4.69) is 0 Å². The fourth-order valence-electron chi connectivity index (χ4n) is 1.38. The van der Waals surface area contributed by atoms with Gasteiger partial charge in [0.05, 0.1) is 11.3 Å². The van der Waals surface area contributed by atoms with Gasteiger partial charge >= 0.3 is 6.18 Å². The fourth-order valence-corrected chi connectivity index (χ4v) is 2.08. The molecule has 0 amide bonds. The van der Waals surface area contributed by atoms with Crippen molar-refractivity contribution in [1.29, 1.82) is 0 Å². The van der Waals surface area contributed by atoms with E-state index in [1.807, 2.05) is 0 Å². The lowest BCUT2D eigenvalue weighted by Gasteiger charge is -2.10. The van der Waals surface area contributed by atoms with Crippen LogP contribution in [0.15, 0.2) is 18.2 Å². The number of halogens is 4. The lowest BCUT2D eigenvalue weighted by Crippen LogP contribution is -2.07. The molecule has 1 rings (SSSR count). The van der Waals surface area contributed by atoms with Crippen molar-refractivity contribution in [2.75, 3.05) is 5.75 Å². The van der Waals surface area contributed by atoms with Crippen molar-refractivity contribution >= 4 is 19.7 Å². The van der Waals surface area contributed by atoms with Gasteiger partial charge in [-0.3, -0.25) is 0 Å². The molecule has 0 unspecified atom stereocenters. The molecule has 0 bridgehead atoms. The van der Waals surface area contributed by atoms with Crippen molar-refractivity contribution in [3.05, 3.63) is 34.9 Å². The van der Waals surface area contributed by atoms with Crippen LogP contribution in [0.5, 0.6) is 0 Å². The Morgan fingerprint density at radius 2 is 1.88 bits per heavy atom. The number of benzene rings is 1. The first-order valence-corrected chi connectivity index (χ1v) is 7.16. The Labute approximate surface area is 102 Å². The summed E-state index contributed by atoms with van der Waals surface area (Å²) >= 11 is 0. The van der Waals surface area contributed by atoms with Crippen molar-refractivity contribution in [3.8, 4) is 0 Å². The summed E-state index contributed by atoms with van der Waals surface area (Å²) in [4.78, 5) is 0. The third-order valence-electron chi connectivity index (χ3n) is 2.29. The van der Waals surface area contributed by atoms with Crippen molar-refractivity contribution in [1.82, 2.24) is 0 Å². The minimum Gasteiger partial charge on any atom is -0.212 e. The maximum Gasteiger partial charge on any atom is 0.416 e. The fraction of sp³-hybridized carbons (Fsp3) is 0.400. The first-order chi connectivity index (χ1) is 7.59. The lowest BCUT2D eigenvalue weighted by atomic mass is 10.0. The van der Waals surface area contributed by atoms with Crippen LogP contribution in [0.3, 0.4) is 0 Å². The van der Waals surface area contributed by atoms with E-state index < -0.39 is 20.8 Å². The zero-order valence-corrected chi connectivity index (χ0v) is 10.5. The number of alkyl halides is 3. The summed E-state index contributed by atoms with van der Waals surface area (Å²) in [6.07, 6.45) is -4.28. The van der Waals surface area contributed by atoms with Gasteiger partial charge in [0.15, 0.2) is 0 Å². The Morgan fingerprint density at radius 1 is 1.29 bits per heavy atom. The number of hydrogen-bond donors (Lipinski definition) is 0. The highest BCUT2D eigenvalue weighted by atomic mass is 35.7. The molecule has 7 heteroatoms. The SMILES string of the molecule is Cc1cc(C(F)(F)F)ccc1CCS(=O)(=O)Cl. The largest absolute Gasteiger partial charge is 0.416 e. The van der Waals surface area contributed by atoms with Gasteiger partial charge in [-0.2, -0.15) is 13.2 Å². The van der Waals surface area contributed by atoms with E-state index in [-0.39, 0.29) is 12.2 Å². The van der Waals surface area contributed by atoms with Gasteiger partial charge in [0.1, 0.15) is 0 Å². The summed E-state index contributed by atoms with van der Waals surface area (Å²) in [6.45, 7) is 1.51. The average Bonchev–Trinajstić information content (AvgIpc) is 2.12. The van der Waals surface area contributed by atoms with Gasteiger partial charge in [0.2, 0.25) is 9.05 Å². The summed E-state index contributed by atoms with van der Waals surface area (Å²) in [5.74, 6) is -0.291. The molecule has 2 nitrogen and oxygen atoms in total. The lowest BCUT2D eigenvalue weighted by molar-refractivity contribution is -0.137. The molecule has 17 heavy (non-hydrogen) atoms. The molecule has 0 heterocycles. The van der Waals surface area contributed by atoms with Crippen LogP contribution in [0.1, 0.15) is 16.7 Å². The van der Waals surface area contributed by atoms with Crippen molar-refractivity contribution in [2.24, 2.45) is 0 Å². The van der Waals surface area contributed by atoms with Crippen LogP contribution in [0.4, 0.5) is 13.2 Å². The first kappa shape index (κ1) is 14.3. The molecule has 0 fully saturated rings. The maximum atomic E-state index is 12.4. The maximum absolute atomic E-state index is 12.4. The first-order valence-electron chi connectivity index (χ1n) is 4.68. The van der Waals surface area contributed by atoms with Crippen LogP contribution in [-0.2, 0) is 21.6 Å². The second-order valence-electron chi connectivity index (χ2n) is 3.63. The van der Waals surface area contributed by atoms with Crippen LogP contribution in [0.25, 0.3) is 0 Å². The van der Waals surface area contributed by atoms with Crippen LogP contribution < -0.4 is 0 Å². The zero-order chi connectivity index (χ0) is 13.3. The molecule has 0 saturated carbocycles. The molecule has 0 spiro atoms. The second kappa shape index (κ2) is 4.86. The Balaban J connectivity index is 2.91. The van der Waals surface area contributed by atoms with E-state index in [9.17, 15) is 21.6 Å². The predicted molar refractivity (Wildman–Crippen MR) is 59.5 cm³/mol. The monoisotopic (exact) mass is 286 g/mol. The number of hydrogen-bond acceptors (Lipinski definition) is 2. The molecular formula is C10H10ClF3O2S. The van der Waals surface area contributed by atoms with Gasteiger partial charge in [-0.25, -0.2) is 8.42 Å². The Kier molecular flexibility index (Phi) is 4.09. The second-order valence-corrected chi connectivity index (χ2v) is 6.53. The number of aryl methyl sites for hydroxylation is 2. The van der Waals surface area contributed by atoms with Gasteiger partial charge < -0.3 is 0 Å². The molecule has 96 valence electrons. The van der Waals surface area contributed by atoms with Gasteiger partial charge in [-0.05, 0) is 36.6 Å². The third kappa shape index (κ3) is 4.55. The van der Waals surface area contributed by atoms with Crippen LogP contribution in [0.2, 0.25) is 0 Å². The smallest absolute Gasteiger partial charge is 0.212 e. The highest BCUT2D eigenvalue weighted by Gasteiger charge is 2.30. The molecule has 0 N–H and O–H groups in total. The van der Waals surface area contributed by atoms with Gasteiger partial charge in [0.25, 0.3) is 0 Å². The van der Waals surface area contributed by atoms with Crippen molar-refractivity contribution in [3.63, 3.8) is 0 Å². The molecule has 0 saturated heterocycles. The molecule has 0 atom stereocenters. The molecule has 1 aromatic rings. The molecule has 1 aromatic carbocycles. The quantitative estimate of drug-likeness (QED) is 0.800. The predicted octanol–water partition coefficient (Wildman–Crippen LogP) is 3.12. The highest BCUT2D eigenvalue weighted by Crippen LogP contribution is 2.30. The summed E-state index contributed by atoms with van der Waals surface area (Å²) in [7, 11) is 1.40. The van der Waals surface area contributed by atoms with Gasteiger partial charge in [0, 0.05) is 10.7 Å². The summed E-state index contributed by atoms with van der Waals surface area (Å²) in [5, 5.41) is 0. The Bertz CT molecular complexity index is 509. The van der Waals surface area contributed by atoms with E-state index >= 15 is 0 Å². The summed E-state index contributed by atoms with van der Waals surface area (Å²) in [6, 6.07) is 3.21. The standard InChI is InChI=1S/C10H10ClF3O2S/c1-7-6-9(10(12,13)14)3-2-8(7)4-5-17(11,15)16/h2-3,6H,4-5H2,1H3. The van der Waals surface area contributed by atoms with Gasteiger partial charge in [-0.15, -0.1) is 0 Å². The normalized spacial score (nSPS) is 12.8. The zero-order valence-electron chi connectivity index (χ0n) is 8.88. The van der Waals surface area contributed by atoms with Gasteiger partial charge in [-0.1, -0.05) is 6.07 Å². The number of rotatable bonds is 3. The van der Waals surface area contributed by atoms with E-state index in [0.717, 1.165) is 12.1 Å². The minimum absolute atomic E-state index is 0.107. The van der Waals surface area contributed by atoms with Crippen LogP contribution >= 0.6 is 10.7 Å². The van der Waals surface area contributed by atoms with E-state index in [0.29, 0.717) is 11.1 Å². The molecule has 0 radical (unpaired) electrons. The highest BCUT2D eigenvalue weighted by molar-refractivity contribution is 8.13. The van der Waals surface area contributed by atoms with E-state index in [1.54, 1.807) is 0 Å². The average molecular weight is 287 g/mol. The molecule has 0 aromatic heterocycles. The third-order valence-corrected chi connectivity index (χ3v) is 3.44. The summed E-state index contributed by atoms with van der Waals surface area (Å²) < 4.78 is 58.5. The Morgan fingerprint density at radius 3 is 2.29 bits per heavy atom.